The average Bonchev–Trinajstić information content (AvgIpc) is 2.56. The number of benzene rings is 3. The van der Waals surface area contributed by atoms with E-state index in [1.54, 1.807) is 36.4 Å². The first-order valence-electron chi connectivity index (χ1n) is 7.13. The van der Waals surface area contributed by atoms with Crippen LogP contribution < -0.4 is 0 Å². The molecule has 0 fully saturated rings. The topological polar surface area (TPSA) is 82.2 Å². The fourth-order valence-electron chi connectivity index (χ4n) is 2.38. The summed E-state index contributed by atoms with van der Waals surface area (Å²) in [4.78, 5) is 11.3. The number of phenols is 1. The van der Waals surface area contributed by atoms with Gasteiger partial charge in [-0.2, -0.15) is 5.11 Å². The zero-order chi connectivity index (χ0) is 17.3. The van der Waals surface area contributed by atoms with Crippen LogP contribution in [0.2, 0.25) is 5.02 Å². The molecule has 0 aliphatic rings. The van der Waals surface area contributed by atoms with Crippen molar-refractivity contribution in [2.24, 2.45) is 10.2 Å². The van der Waals surface area contributed by atoms with Crippen molar-refractivity contribution in [3.05, 3.63) is 64.7 Å². The van der Waals surface area contributed by atoms with E-state index in [1.165, 1.54) is 6.07 Å². The lowest BCUT2D eigenvalue weighted by Gasteiger charge is -2.08. The Hall–Kier alpha value is -2.92. The summed E-state index contributed by atoms with van der Waals surface area (Å²) in [5.74, 6) is -1.64. The molecule has 0 heterocycles. The Morgan fingerprint density at radius 3 is 2.58 bits per heavy atom. The van der Waals surface area contributed by atoms with Crippen LogP contribution >= 0.6 is 11.6 Å². The third kappa shape index (κ3) is 2.94. The summed E-state index contributed by atoms with van der Waals surface area (Å²) < 4.78 is 0. The maximum absolute atomic E-state index is 11.3. The first-order valence-corrected chi connectivity index (χ1v) is 7.51. The van der Waals surface area contributed by atoms with Gasteiger partial charge in [0, 0.05) is 10.4 Å². The molecule has 24 heavy (non-hydrogen) atoms. The van der Waals surface area contributed by atoms with E-state index < -0.39 is 11.7 Å². The van der Waals surface area contributed by atoms with Crippen molar-refractivity contribution in [1.82, 2.24) is 0 Å². The standard InChI is InChI=1S/C18H13ClN2O3/c1-10-6-7-12(19)9-15(10)20-21-16-13-5-3-2-4-11(13)8-14(17(16)22)18(23)24/h2-9,22H,1H3,(H,23,24). The van der Waals surface area contributed by atoms with E-state index in [0.29, 0.717) is 21.5 Å². The predicted octanol–water partition coefficient (Wildman–Crippen LogP) is 5.62. The second-order valence-electron chi connectivity index (χ2n) is 5.28. The molecule has 6 heteroatoms. The predicted molar refractivity (Wildman–Crippen MR) is 92.9 cm³/mol. The molecule has 3 rings (SSSR count). The molecular formula is C18H13ClN2O3. The molecule has 0 spiro atoms. The SMILES string of the molecule is Cc1ccc(Cl)cc1N=Nc1c(O)c(C(=O)O)cc2ccccc12. The first-order chi connectivity index (χ1) is 11.5. The lowest BCUT2D eigenvalue weighted by atomic mass is 10.0. The van der Waals surface area contributed by atoms with Crippen molar-refractivity contribution in [1.29, 1.82) is 0 Å². The number of carboxylic acid groups (broad SMARTS) is 1. The molecule has 0 aliphatic heterocycles. The van der Waals surface area contributed by atoms with Crippen molar-refractivity contribution in [2.45, 2.75) is 6.92 Å². The van der Waals surface area contributed by atoms with Gasteiger partial charge in [0.25, 0.3) is 0 Å². The molecule has 0 saturated carbocycles. The van der Waals surface area contributed by atoms with Gasteiger partial charge < -0.3 is 10.2 Å². The van der Waals surface area contributed by atoms with Crippen LogP contribution in [0.1, 0.15) is 15.9 Å². The van der Waals surface area contributed by atoms with Gasteiger partial charge in [-0.1, -0.05) is 41.9 Å². The van der Waals surface area contributed by atoms with E-state index in [4.69, 9.17) is 11.6 Å². The van der Waals surface area contributed by atoms with Crippen LogP contribution in [0.3, 0.4) is 0 Å². The summed E-state index contributed by atoms with van der Waals surface area (Å²) >= 11 is 5.96. The summed E-state index contributed by atoms with van der Waals surface area (Å²) in [6, 6.07) is 13.7. The number of hydrogen-bond donors (Lipinski definition) is 2. The number of azo groups is 1. The molecule has 0 aliphatic carbocycles. The highest BCUT2D eigenvalue weighted by Gasteiger charge is 2.17. The van der Waals surface area contributed by atoms with Gasteiger partial charge in [0.05, 0.1) is 5.69 Å². The third-order valence-electron chi connectivity index (χ3n) is 3.65. The molecule has 0 unspecified atom stereocenters. The van der Waals surface area contributed by atoms with Crippen LogP contribution in [0.4, 0.5) is 11.4 Å². The van der Waals surface area contributed by atoms with E-state index in [9.17, 15) is 15.0 Å². The van der Waals surface area contributed by atoms with Crippen molar-refractivity contribution in [2.75, 3.05) is 0 Å². The summed E-state index contributed by atoms with van der Waals surface area (Å²) in [6.07, 6.45) is 0. The van der Waals surface area contributed by atoms with Crippen molar-refractivity contribution < 1.29 is 15.0 Å². The van der Waals surface area contributed by atoms with Gasteiger partial charge in [0.15, 0.2) is 5.75 Å². The zero-order valence-electron chi connectivity index (χ0n) is 12.7. The summed E-state index contributed by atoms with van der Waals surface area (Å²) in [5.41, 5.74) is 1.31. The highest BCUT2D eigenvalue weighted by Crippen LogP contribution is 2.39. The van der Waals surface area contributed by atoms with E-state index >= 15 is 0 Å². The average molecular weight is 341 g/mol. The Morgan fingerprint density at radius 1 is 1.08 bits per heavy atom. The Bertz CT molecular complexity index is 983. The molecule has 120 valence electrons. The van der Waals surface area contributed by atoms with E-state index in [-0.39, 0.29) is 11.3 Å². The number of carboxylic acids is 1. The Labute approximate surface area is 142 Å². The lowest BCUT2D eigenvalue weighted by Crippen LogP contribution is -1.97. The number of rotatable bonds is 3. The minimum Gasteiger partial charge on any atom is -0.505 e. The van der Waals surface area contributed by atoms with Gasteiger partial charge in [0.1, 0.15) is 11.3 Å². The van der Waals surface area contributed by atoms with Gasteiger partial charge >= 0.3 is 5.97 Å². The molecule has 2 N–H and O–H groups in total. The van der Waals surface area contributed by atoms with Crippen LogP contribution in [-0.2, 0) is 0 Å². The van der Waals surface area contributed by atoms with Crippen LogP contribution in [0.25, 0.3) is 10.8 Å². The molecule has 3 aromatic rings. The number of nitrogens with zero attached hydrogens (tertiary/aromatic N) is 2. The first kappa shape index (κ1) is 16.0. The highest BCUT2D eigenvalue weighted by atomic mass is 35.5. The number of fused-ring (bicyclic) bond motifs is 1. The summed E-state index contributed by atoms with van der Waals surface area (Å²) in [5, 5.41) is 29.6. The number of halogens is 1. The van der Waals surface area contributed by atoms with Crippen molar-refractivity contribution in [3.63, 3.8) is 0 Å². The molecular weight excluding hydrogens is 328 g/mol. The summed E-state index contributed by atoms with van der Waals surface area (Å²) in [6.45, 7) is 1.86. The number of aryl methyl sites for hydroxylation is 1. The molecule has 5 nitrogen and oxygen atoms in total. The maximum atomic E-state index is 11.3. The second-order valence-corrected chi connectivity index (χ2v) is 5.71. The third-order valence-corrected chi connectivity index (χ3v) is 3.89. The van der Waals surface area contributed by atoms with E-state index in [1.807, 2.05) is 13.0 Å². The Balaban J connectivity index is 2.21. The van der Waals surface area contributed by atoms with Crippen LogP contribution in [0, 0.1) is 6.92 Å². The smallest absolute Gasteiger partial charge is 0.339 e. The van der Waals surface area contributed by atoms with Gasteiger partial charge in [-0.05, 0) is 36.1 Å². The maximum Gasteiger partial charge on any atom is 0.339 e. The molecule has 0 amide bonds. The van der Waals surface area contributed by atoms with Gasteiger partial charge in [-0.25, -0.2) is 4.79 Å². The molecule has 0 atom stereocenters. The number of aromatic hydroxyl groups is 1. The monoisotopic (exact) mass is 340 g/mol. The quantitative estimate of drug-likeness (QED) is 0.607. The lowest BCUT2D eigenvalue weighted by molar-refractivity contribution is 0.0694. The van der Waals surface area contributed by atoms with Gasteiger partial charge in [-0.3, -0.25) is 0 Å². The fourth-order valence-corrected chi connectivity index (χ4v) is 2.54. The zero-order valence-corrected chi connectivity index (χ0v) is 13.4. The van der Waals surface area contributed by atoms with Crippen LogP contribution in [0.5, 0.6) is 5.75 Å². The van der Waals surface area contributed by atoms with Crippen LogP contribution in [0.15, 0.2) is 58.8 Å². The second kappa shape index (κ2) is 6.29. The van der Waals surface area contributed by atoms with E-state index in [2.05, 4.69) is 10.2 Å². The van der Waals surface area contributed by atoms with Gasteiger partial charge in [0.2, 0.25) is 0 Å². The fraction of sp³-hybridized carbons (Fsp3) is 0.0556. The van der Waals surface area contributed by atoms with Crippen molar-refractivity contribution in [3.8, 4) is 5.75 Å². The molecule has 0 bridgehead atoms. The molecule has 0 aromatic heterocycles. The largest absolute Gasteiger partial charge is 0.505 e. The molecule has 0 saturated heterocycles. The minimum atomic E-state index is -1.23. The highest BCUT2D eigenvalue weighted by molar-refractivity contribution is 6.30. The Kier molecular flexibility index (Phi) is 4.18. The van der Waals surface area contributed by atoms with Crippen LogP contribution in [-0.4, -0.2) is 16.2 Å². The minimum absolute atomic E-state index is 0.116. The van der Waals surface area contributed by atoms with E-state index in [0.717, 1.165) is 5.56 Å². The number of hydrogen-bond acceptors (Lipinski definition) is 4. The molecule has 3 aromatic carbocycles. The molecule has 0 radical (unpaired) electrons. The normalized spacial score (nSPS) is 11.2. The van der Waals surface area contributed by atoms with Gasteiger partial charge in [-0.15, -0.1) is 5.11 Å². The Morgan fingerprint density at radius 2 is 1.83 bits per heavy atom. The van der Waals surface area contributed by atoms with Crippen molar-refractivity contribution >= 4 is 39.7 Å². The summed E-state index contributed by atoms with van der Waals surface area (Å²) in [7, 11) is 0. The number of aromatic carboxylic acids is 1. The number of carbonyl (C=O) groups is 1.